The van der Waals surface area contributed by atoms with Gasteiger partial charge in [-0.15, -0.1) is 4.91 Å². The summed E-state index contributed by atoms with van der Waals surface area (Å²) in [6.07, 6.45) is 1.46. The third kappa shape index (κ3) is 5.26. The molecule has 1 aliphatic heterocycles. The highest BCUT2D eigenvalue weighted by Crippen LogP contribution is 2.35. The largest absolute Gasteiger partial charge is 0.493 e. The molecule has 1 aliphatic rings. The Labute approximate surface area is 218 Å². The van der Waals surface area contributed by atoms with Gasteiger partial charge in [-0.1, -0.05) is 5.18 Å². The Bertz CT molecular complexity index is 1360. The highest BCUT2D eigenvalue weighted by Gasteiger charge is 2.34. The van der Waals surface area contributed by atoms with Crippen LogP contribution in [0.2, 0.25) is 0 Å². The summed E-state index contributed by atoms with van der Waals surface area (Å²) >= 11 is 0. The van der Waals surface area contributed by atoms with Gasteiger partial charge in [-0.2, -0.15) is 4.98 Å². The Morgan fingerprint density at radius 1 is 1.08 bits per heavy atom. The minimum Gasteiger partial charge on any atom is -0.493 e. The van der Waals surface area contributed by atoms with Crippen LogP contribution in [0.25, 0.3) is 10.9 Å². The summed E-state index contributed by atoms with van der Waals surface area (Å²) in [7, 11) is 3.00. The summed E-state index contributed by atoms with van der Waals surface area (Å²) in [5, 5.41) is 6.20. The molecular formula is C25H28N6O7. The minimum atomic E-state index is -1.67. The summed E-state index contributed by atoms with van der Waals surface area (Å²) in [4.78, 5) is 61.4. The van der Waals surface area contributed by atoms with Gasteiger partial charge in [0, 0.05) is 37.6 Å². The monoisotopic (exact) mass is 524 g/mol. The zero-order chi connectivity index (χ0) is 27.4. The summed E-state index contributed by atoms with van der Waals surface area (Å²) < 4.78 is 16.0. The average molecular weight is 525 g/mol. The topological polar surface area (TPSA) is 157 Å². The van der Waals surface area contributed by atoms with Crippen LogP contribution in [0.15, 0.2) is 40.1 Å². The Morgan fingerprint density at radius 3 is 2.37 bits per heavy atom. The molecule has 1 aromatic carbocycles. The van der Waals surface area contributed by atoms with Crippen LogP contribution in [0.3, 0.4) is 0 Å². The molecule has 0 spiro atoms. The molecule has 2 aromatic heterocycles. The van der Waals surface area contributed by atoms with E-state index in [2.05, 4.69) is 20.5 Å². The van der Waals surface area contributed by atoms with E-state index in [1.165, 1.54) is 34.3 Å². The molecule has 1 saturated heterocycles. The quantitative estimate of drug-likeness (QED) is 0.306. The van der Waals surface area contributed by atoms with Crippen molar-refractivity contribution in [2.24, 2.45) is 5.18 Å². The number of anilines is 2. The number of benzene rings is 1. The van der Waals surface area contributed by atoms with Gasteiger partial charge in [0.05, 0.1) is 32.5 Å². The van der Waals surface area contributed by atoms with Crippen molar-refractivity contribution < 1.29 is 28.3 Å². The molecule has 38 heavy (non-hydrogen) atoms. The summed E-state index contributed by atoms with van der Waals surface area (Å²) in [5.41, 5.74) is -1.15. The Kier molecular flexibility index (Phi) is 7.55. The van der Waals surface area contributed by atoms with Gasteiger partial charge in [-0.3, -0.25) is 14.4 Å². The van der Waals surface area contributed by atoms with Gasteiger partial charge >= 0.3 is 0 Å². The fraction of sp³-hybridized carbons (Fsp3) is 0.400. The molecule has 1 N–H and O–H groups in total. The number of ether oxygens (including phenoxy) is 2. The van der Waals surface area contributed by atoms with Gasteiger partial charge < -0.3 is 29.0 Å². The van der Waals surface area contributed by atoms with Crippen molar-refractivity contribution >= 4 is 40.1 Å². The zero-order valence-electron chi connectivity index (χ0n) is 21.5. The van der Waals surface area contributed by atoms with Crippen LogP contribution in [-0.4, -0.2) is 84.8 Å². The lowest BCUT2D eigenvalue weighted by Crippen LogP contribution is -2.49. The number of fused-ring (bicyclic) bond motifs is 1. The SMILES string of the molecule is COc1cc2nc(N3CCN(C(=O)c4ccco4)CC3)nc(NCC(=O)C(=O)C(C)(C)N=O)c2cc1OC. The standard InChI is InChI=1S/C25H28N6O7/c1-25(2,29-35)21(33)17(32)14-26-22-15-12-19(36-3)20(37-4)13-16(15)27-24(28-22)31-9-7-30(8-10-31)23(34)18-6-5-11-38-18/h5-6,11-13H,7-10,14H2,1-4H3,(H,26,27,28). The molecule has 1 amide bonds. The van der Waals surface area contributed by atoms with Crippen molar-refractivity contribution in [1.29, 1.82) is 0 Å². The smallest absolute Gasteiger partial charge is 0.289 e. The van der Waals surface area contributed by atoms with Gasteiger partial charge in [0.15, 0.2) is 22.8 Å². The first-order valence-electron chi connectivity index (χ1n) is 11.9. The molecule has 0 aliphatic carbocycles. The van der Waals surface area contributed by atoms with Gasteiger partial charge in [-0.05, 0) is 32.0 Å². The van der Waals surface area contributed by atoms with E-state index < -0.39 is 23.7 Å². The number of carbonyl (C=O) groups excluding carboxylic acids is 3. The van der Waals surface area contributed by atoms with Crippen LogP contribution in [0.4, 0.5) is 11.8 Å². The number of ketones is 2. The number of rotatable bonds is 10. The van der Waals surface area contributed by atoms with Crippen LogP contribution in [-0.2, 0) is 9.59 Å². The van der Waals surface area contributed by atoms with Crippen molar-refractivity contribution in [3.8, 4) is 11.5 Å². The maximum Gasteiger partial charge on any atom is 0.289 e. The third-order valence-electron chi connectivity index (χ3n) is 6.22. The molecule has 0 radical (unpaired) electrons. The Hall–Kier alpha value is -4.55. The van der Waals surface area contributed by atoms with Crippen LogP contribution in [0.5, 0.6) is 11.5 Å². The van der Waals surface area contributed by atoms with Crippen LogP contribution in [0.1, 0.15) is 24.4 Å². The molecule has 13 nitrogen and oxygen atoms in total. The fourth-order valence-corrected chi connectivity index (χ4v) is 4.01. The van der Waals surface area contributed by atoms with Crippen molar-refractivity contribution in [1.82, 2.24) is 14.9 Å². The van der Waals surface area contributed by atoms with Gasteiger partial charge in [0.25, 0.3) is 5.91 Å². The number of piperazine rings is 1. The lowest BCUT2D eigenvalue weighted by atomic mass is 9.97. The number of carbonyl (C=O) groups is 3. The van der Waals surface area contributed by atoms with E-state index in [1.807, 2.05) is 4.90 Å². The second-order valence-corrected chi connectivity index (χ2v) is 9.11. The molecule has 3 aromatic rings. The molecule has 200 valence electrons. The summed E-state index contributed by atoms with van der Waals surface area (Å²) in [5.74, 6) is -0.0929. The van der Waals surface area contributed by atoms with Crippen LogP contribution in [0, 0.1) is 4.91 Å². The summed E-state index contributed by atoms with van der Waals surface area (Å²) in [6, 6.07) is 6.65. The van der Waals surface area contributed by atoms with Gasteiger partial charge in [0.1, 0.15) is 5.82 Å². The number of amides is 1. The number of furan rings is 1. The molecule has 1 fully saturated rings. The third-order valence-corrected chi connectivity index (χ3v) is 6.22. The van der Waals surface area contributed by atoms with Crippen molar-refractivity contribution in [2.45, 2.75) is 19.4 Å². The maximum atomic E-state index is 12.6. The number of nitrogens with zero attached hydrogens (tertiary/aromatic N) is 5. The number of methoxy groups -OCH3 is 2. The van der Waals surface area contributed by atoms with Crippen molar-refractivity contribution in [2.75, 3.05) is 57.2 Å². The normalized spacial score (nSPS) is 13.8. The first-order valence-corrected chi connectivity index (χ1v) is 11.9. The highest BCUT2D eigenvalue weighted by atomic mass is 16.5. The van der Waals surface area contributed by atoms with Gasteiger partial charge in [0.2, 0.25) is 17.5 Å². The van der Waals surface area contributed by atoms with Crippen molar-refractivity contribution in [3.63, 3.8) is 0 Å². The highest BCUT2D eigenvalue weighted by molar-refractivity contribution is 6.41. The zero-order valence-corrected chi connectivity index (χ0v) is 21.5. The molecule has 0 bridgehead atoms. The first-order chi connectivity index (χ1) is 18.2. The predicted molar refractivity (Wildman–Crippen MR) is 138 cm³/mol. The van der Waals surface area contributed by atoms with Crippen LogP contribution >= 0.6 is 0 Å². The molecular weight excluding hydrogens is 496 g/mol. The molecule has 0 saturated carbocycles. The van der Waals surface area contributed by atoms with E-state index >= 15 is 0 Å². The van der Waals surface area contributed by atoms with Crippen molar-refractivity contribution in [3.05, 3.63) is 41.2 Å². The first kappa shape index (κ1) is 26.5. The molecule has 3 heterocycles. The lowest BCUT2D eigenvalue weighted by Gasteiger charge is -2.34. The molecule has 0 unspecified atom stereocenters. The van der Waals surface area contributed by atoms with E-state index in [1.54, 1.807) is 29.2 Å². The minimum absolute atomic E-state index is 0.191. The lowest BCUT2D eigenvalue weighted by molar-refractivity contribution is -0.138. The number of hydrogen-bond donors (Lipinski definition) is 1. The number of nitrogens with one attached hydrogen (secondary N) is 1. The van der Waals surface area contributed by atoms with E-state index in [0.29, 0.717) is 54.5 Å². The molecule has 13 heteroatoms. The van der Waals surface area contributed by atoms with E-state index in [4.69, 9.17) is 13.9 Å². The Morgan fingerprint density at radius 2 is 1.76 bits per heavy atom. The fourth-order valence-electron chi connectivity index (χ4n) is 4.01. The van der Waals surface area contributed by atoms with Gasteiger partial charge in [-0.25, -0.2) is 4.98 Å². The summed E-state index contributed by atoms with van der Waals surface area (Å²) in [6.45, 7) is 3.94. The second kappa shape index (κ2) is 10.8. The average Bonchev–Trinajstić information content (AvgIpc) is 3.49. The van der Waals surface area contributed by atoms with E-state index in [-0.39, 0.29) is 17.5 Å². The number of Topliss-reactive ketones (excluding diaryl/α,β-unsaturated/α-hetero) is 2. The number of hydrogen-bond acceptors (Lipinski definition) is 12. The second-order valence-electron chi connectivity index (χ2n) is 9.11. The van der Waals surface area contributed by atoms with E-state index in [9.17, 15) is 19.3 Å². The number of nitroso groups, excluding NO2 is 1. The van der Waals surface area contributed by atoms with E-state index in [0.717, 1.165) is 0 Å². The maximum absolute atomic E-state index is 12.6. The Balaban J connectivity index is 1.61. The molecule has 4 rings (SSSR count). The van der Waals surface area contributed by atoms with Crippen LogP contribution < -0.4 is 19.7 Å². The predicted octanol–water partition coefficient (Wildman–Crippen LogP) is 2.30. The number of aromatic nitrogens is 2. The molecule has 0 atom stereocenters.